The average Bonchev–Trinajstić information content (AvgIpc) is 2.34. The van der Waals surface area contributed by atoms with Gasteiger partial charge in [0.25, 0.3) is 0 Å². The molecule has 0 saturated carbocycles. The predicted molar refractivity (Wildman–Crippen MR) is 38.9 cm³/mol. The highest BCUT2D eigenvalue weighted by Gasteiger charge is 2.05. The Hall–Kier alpha value is -0.640. The molecular weight excluding hydrogens is 110 g/mol. The second-order valence-electron chi connectivity index (χ2n) is 2.34. The molecule has 0 unspecified atom stereocenters. The SMILES string of the molecule is CCC#CN1CCCC1. The molecule has 0 aromatic rings. The van der Waals surface area contributed by atoms with Crippen molar-refractivity contribution < 1.29 is 0 Å². The molecule has 0 amide bonds. The van der Waals surface area contributed by atoms with Crippen LogP contribution in [0.3, 0.4) is 0 Å². The summed E-state index contributed by atoms with van der Waals surface area (Å²) in [5.41, 5.74) is 0. The van der Waals surface area contributed by atoms with Gasteiger partial charge in [-0.15, -0.1) is 0 Å². The quantitative estimate of drug-likeness (QED) is 0.441. The minimum atomic E-state index is 0.983. The molecule has 0 spiro atoms. The van der Waals surface area contributed by atoms with Crippen LogP contribution in [0.4, 0.5) is 0 Å². The zero-order chi connectivity index (χ0) is 6.53. The van der Waals surface area contributed by atoms with Crippen molar-refractivity contribution in [3.8, 4) is 12.0 Å². The van der Waals surface area contributed by atoms with Gasteiger partial charge in [0.1, 0.15) is 0 Å². The summed E-state index contributed by atoms with van der Waals surface area (Å²) in [5.74, 6) is 3.07. The molecule has 0 N–H and O–H groups in total. The van der Waals surface area contributed by atoms with Gasteiger partial charge in [0, 0.05) is 25.6 Å². The summed E-state index contributed by atoms with van der Waals surface area (Å²) in [5, 5.41) is 0. The van der Waals surface area contributed by atoms with E-state index in [0.717, 1.165) is 6.42 Å². The lowest BCUT2D eigenvalue weighted by molar-refractivity contribution is 0.496. The van der Waals surface area contributed by atoms with Crippen molar-refractivity contribution in [2.24, 2.45) is 0 Å². The van der Waals surface area contributed by atoms with Crippen LogP contribution in [0, 0.1) is 12.0 Å². The van der Waals surface area contributed by atoms with Crippen LogP contribution < -0.4 is 0 Å². The number of nitrogens with zero attached hydrogens (tertiary/aromatic N) is 1. The molecule has 1 aliphatic heterocycles. The van der Waals surface area contributed by atoms with Crippen molar-refractivity contribution in [1.29, 1.82) is 0 Å². The number of hydrogen-bond acceptors (Lipinski definition) is 1. The van der Waals surface area contributed by atoms with Gasteiger partial charge in [-0.05, 0) is 12.8 Å². The lowest BCUT2D eigenvalue weighted by atomic mass is 10.4. The fraction of sp³-hybridized carbons (Fsp3) is 0.750. The molecule has 0 aliphatic carbocycles. The summed E-state index contributed by atoms with van der Waals surface area (Å²) in [6, 6.07) is 3.11. The van der Waals surface area contributed by atoms with Gasteiger partial charge in [-0.25, -0.2) is 0 Å². The fourth-order valence-corrected chi connectivity index (χ4v) is 1.02. The highest BCUT2D eigenvalue weighted by atomic mass is 15.1. The Morgan fingerprint density at radius 2 is 2.00 bits per heavy atom. The molecule has 1 heteroatoms. The van der Waals surface area contributed by atoms with Crippen molar-refractivity contribution >= 4 is 0 Å². The molecule has 1 fully saturated rings. The van der Waals surface area contributed by atoms with Crippen LogP contribution in [-0.2, 0) is 0 Å². The van der Waals surface area contributed by atoms with Crippen molar-refractivity contribution in [3.63, 3.8) is 0 Å². The van der Waals surface area contributed by atoms with E-state index in [4.69, 9.17) is 0 Å². The predicted octanol–water partition coefficient (Wildman–Crippen LogP) is 1.45. The van der Waals surface area contributed by atoms with Crippen molar-refractivity contribution in [3.05, 3.63) is 0 Å². The molecule has 1 heterocycles. The Morgan fingerprint density at radius 3 is 2.56 bits per heavy atom. The van der Waals surface area contributed by atoms with Gasteiger partial charge >= 0.3 is 0 Å². The first kappa shape index (κ1) is 6.48. The van der Waals surface area contributed by atoms with E-state index in [1.807, 2.05) is 0 Å². The third-order valence-corrected chi connectivity index (χ3v) is 1.52. The lowest BCUT2D eigenvalue weighted by Crippen LogP contribution is -2.10. The standard InChI is InChI=1S/C8H13N/c1-2-3-6-9-7-4-5-8-9/h2,4-5,7-8H2,1H3. The summed E-state index contributed by atoms with van der Waals surface area (Å²) < 4.78 is 0. The molecule has 1 saturated heterocycles. The van der Waals surface area contributed by atoms with Crippen LogP contribution in [0.1, 0.15) is 26.2 Å². The van der Waals surface area contributed by atoms with Crippen LogP contribution in [0.2, 0.25) is 0 Å². The van der Waals surface area contributed by atoms with Crippen LogP contribution in [0.25, 0.3) is 0 Å². The molecule has 0 radical (unpaired) electrons. The monoisotopic (exact) mass is 123 g/mol. The van der Waals surface area contributed by atoms with E-state index in [1.54, 1.807) is 0 Å². The molecule has 1 nitrogen and oxygen atoms in total. The Labute approximate surface area is 57.0 Å². The summed E-state index contributed by atoms with van der Waals surface area (Å²) >= 11 is 0. The highest BCUT2D eigenvalue weighted by molar-refractivity contribution is 4.98. The van der Waals surface area contributed by atoms with Crippen molar-refractivity contribution in [1.82, 2.24) is 4.90 Å². The molecule has 1 aliphatic rings. The smallest absolute Gasteiger partial charge is 0.0261 e. The normalized spacial score (nSPS) is 17.2. The molecule has 9 heavy (non-hydrogen) atoms. The Bertz CT molecular complexity index is 123. The van der Waals surface area contributed by atoms with Crippen LogP contribution >= 0.6 is 0 Å². The maximum atomic E-state index is 3.11. The zero-order valence-electron chi connectivity index (χ0n) is 5.98. The molecular formula is C8H13N. The van der Waals surface area contributed by atoms with Gasteiger partial charge in [0.05, 0.1) is 0 Å². The van der Waals surface area contributed by atoms with E-state index in [9.17, 15) is 0 Å². The minimum Gasteiger partial charge on any atom is -0.333 e. The third-order valence-electron chi connectivity index (χ3n) is 1.52. The maximum absolute atomic E-state index is 3.11. The third kappa shape index (κ3) is 1.97. The largest absolute Gasteiger partial charge is 0.333 e. The summed E-state index contributed by atoms with van der Waals surface area (Å²) in [7, 11) is 0. The number of likely N-dealkylation sites (tertiary alicyclic amines) is 1. The Kier molecular flexibility index (Phi) is 2.45. The zero-order valence-corrected chi connectivity index (χ0v) is 5.98. The molecule has 0 aromatic carbocycles. The minimum absolute atomic E-state index is 0.983. The van der Waals surface area contributed by atoms with Gasteiger partial charge in [-0.2, -0.15) is 0 Å². The van der Waals surface area contributed by atoms with Crippen LogP contribution in [0.15, 0.2) is 0 Å². The highest BCUT2D eigenvalue weighted by Crippen LogP contribution is 2.04. The van der Waals surface area contributed by atoms with Gasteiger partial charge in [-0.1, -0.05) is 12.8 Å². The first-order valence-corrected chi connectivity index (χ1v) is 3.67. The van der Waals surface area contributed by atoms with Crippen LogP contribution in [0.5, 0.6) is 0 Å². The van der Waals surface area contributed by atoms with E-state index in [1.165, 1.54) is 25.9 Å². The van der Waals surface area contributed by atoms with E-state index in [0.29, 0.717) is 0 Å². The number of rotatable bonds is 0. The summed E-state index contributed by atoms with van der Waals surface area (Å²) in [6.07, 6.45) is 3.65. The lowest BCUT2D eigenvalue weighted by Gasteiger charge is -2.04. The average molecular weight is 123 g/mol. The van der Waals surface area contributed by atoms with E-state index < -0.39 is 0 Å². The topological polar surface area (TPSA) is 3.24 Å². The molecule has 50 valence electrons. The van der Waals surface area contributed by atoms with Crippen molar-refractivity contribution in [2.45, 2.75) is 26.2 Å². The Balaban J connectivity index is 2.26. The van der Waals surface area contributed by atoms with Crippen LogP contribution in [-0.4, -0.2) is 18.0 Å². The second kappa shape index (κ2) is 3.40. The Morgan fingerprint density at radius 1 is 1.33 bits per heavy atom. The maximum Gasteiger partial charge on any atom is 0.0261 e. The summed E-state index contributed by atoms with van der Waals surface area (Å²) in [6.45, 7) is 4.46. The molecule has 0 atom stereocenters. The first-order chi connectivity index (χ1) is 4.43. The van der Waals surface area contributed by atoms with Gasteiger partial charge in [0.2, 0.25) is 0 Å². The number of hydrogen-bond donors (Lipinski definition) is 0. The fourth-order valence-electron chi connectivity index (χ4n) is 1.02. The van der Waals surface area contributed by atoms with Gasteiger partial charge in [-0.3, -0.25) is 0 Å². The van der Waals surface area contributed by atoms with E-state index in [-0.39, 0.29) is 0 Å². The van der Waals surface area contributed by atoms with E-state index >= 15 is 0 Å². The van der Waals surface area contributed by atoms with Crippen molar-refractivity contribution in [2.75, 3.05) is 13.1 Å². The molecule has 0 bridgehead atoms. The van der Waals surface area contributed by atoms with Gasteiger partial charge in [0.15, 0.2) is 0 Å². The first-order valence-electron chi connectivity index (χ1n) is 3.67. The van der Waals surface area contributed by atoms with E-state index in [2.05, 4.69) is 23.8 Å². The summed E-state index contributed by atoms with van der Waals surface area (Å²) in [4.78, 5) is 2.21. The molecule has 0 aromatic heterocycles. The van der Waals surface area contributed by atoms with Gasteiger partial charge < -0.3 is 4.90 Å². The second-order valence-corrected chi connectivity index (χ2v) is 2.34. The molecule has 1 rings (SSSR count).